The Kier molecular flexibility index (Phi) is 6.64. The van der Waals surface area contributed by atoms with Crippen LogP contribution >= 0.6 is 15.9 Å². The Bertz CT molecular complexity index is 1650. The minimum absolute atomic E-state index is 0.461. The Labute approximate surface area is 216 Å². The summed E-state index contributed by atoms with van der Waals surface area (Å²) in [6.45, 7) is 2.02. The maximum Gasteiger partial charge on any atom is 0.197 e. The lowest BCUT2D eigenvalue weighted by atomic mass is 10.1. The summed E-state index contributed by atoms with van der Waals surface area (Å²) in [5.74, 6) is 0.924. The molecular formula is C27H27BrN8. The van der Waals surface area contributed by atoms with Crippen LogP contribution in [0.2, 0.25) is 0 Å². The number of anilines is 2. The Morgan fingerprint density at radius 2 is 1.36 bits per heavy atom. The second-order valence-corrected chi connectivity index (χ2v) is 9.48. The summed E-state index contributed by atoms with van der Waals surface area (Å²) >= 11 is 3.46. The molecular weight excluding hydrogens is 516 g/mol. The largest absolute Gasteiger partial charge is 0.369 e. The van der Waals surface area contributed by atoms with Crippen molar-refractivity contribution in [3.05, 3.63) is 99.8 Å². The van der Waals surface area contributed by atoms with Crippen molar-refractivity contribution < 1.29 is 0 Å². The van der Waals surface area contributed by atoms with Crippen LogP contribution in [-0.4, -0.2) is 29.9 Å². The number of imidazole rings is 2. The van der Waals surface area contributed by atoms with Crippen molar-refractivity contribution in [2.45, 2.75) is 19.8 Å². The van der Waals surface area contributed by atoms with E-state index in [2.05, 4.69) is 82.2 Å². The highest BCUT2D eigenvalue weighted by atomic mass is 79.9. The molecule has 0 unspecified atom stereocenters. The normalized spacial score (nSPS) is 11.4. The van der Waals surface area contributed by atoms with Crippen LogP contribution in [0.3, 0.4) is 0 Å². The molecule has 0 aliphatic carbocycles. The number of allylic oxidation sites excluding steroid dienone is 1. The molecule has 0 atom stereocenters. The monoisotopic (exact) mass is 542 g/mol. The van der Waals surface area contributed by atoms with E-state index in [1.54, 1.807) is 12.4 Å². The second kappa shape index (κ2) is 10.2. The van der Waals surface area contributed by atoms with Gasteiger partial charge in [0, 0.05) is 62.9 Å². The van der Waals surface area contributed by atoms with E-state index in [-0.39, 0.29) is 0 Å². The number of aromatic amines is 4. The van der Waals surface area contributed by atoms with Crippen LogP contribution in [0.4, 0.5) is 11.9 Å². The molecule has 4 aromatic heterocycles. The zero-order valence-electron chi connectivity index (χ0n) is 19.8. The van der Waals surface area contributed by atoms with E-state index in [9.17, 15) is 0 Å². The van der Waals surface area contributed by atoms with E-state index in [1.807, 2.05) is 31.5 Å². The molecule has 2 aromatic carbocycles. The number of H-pyrrole nitrogens is 4. The smallest absolute Gasteiger partial charge is 0.197 e. The maximum atomic E-state index is 5.59. The van der Waals surface area contributed by atoms with Crippen molar-refractivity contribution in [2.75, 3.05) is 11.5 Å². The third kappa shape index (κ3) is 5.21. The van der Waals surface area contributed by atoms with Crippen LogP contribution in [-0.2, 0) is 12.8 Å². The lowest BCUT2D eigenvalue weighted by Crippen LogP contribution is -1.89. The highest BCUT2D eigenvalue weighted by molar-refractivity contribution is 9.10. The van der Waals surface area contributed by atoms with Crippen molar-refractivity contribution >= 4 is 55.7 Å². The Hall–Kier alpha value is -4.24. The molecule has 0 aliphatic heterocycles. The molecule has 0 amide bonds. The van der Waals surface area contributed by atoms with Crippen LogP contribution < -0.4 is 11.5 Å². The SMILES string of the molecule is C/C=C/c1ccc2c(Cc3cnc(N)[nH]3)c[nH]c2c1.Nc1ncc(Cc2c[nH]c3cc(Br)ccc23)[nH]1. The number of nitrogens with two attached hydrogens (primary N) is 2. The molecule has 0 bridgehead atoms. The molecule has 0 saturated carbocycles. The van der Waals surface area contributed by atoms with E-state index in [0.717, 1.165) is 39.7 Å². The van der Waals surface area contributed by atoms with Crippen LogP contribution in [0, 0.1) is 0 Å². The zero-order chi connectivity index (χ0) is 25.1. The van der Waals surface area contributed by atoms with Gasteiger partial charge >= 0.3 is 0 Å². The number of benzene rings is 2. The number of hydrogen-bond acceptors (Lipinski definition) is 4. The molecule has 0 saturated heterocycles. The first-order valence-electron chi connectivity index (χ1n) is 11.6. The number of nitrogen functional groups attached to an aromatic ring is 2. The highest BCUT2D eigenvalue weighted by Crippen LogP contribution is 2.24. The molecule has 182 valence electrons. The molecule has 8 nitrogen and oxygen atoms in total. The van der Waals surface area contributed by atoms with Crippen molar-refractivity contribution in [1.29, 1.82) is 0 Å². The zero-order valence-corrected chi connectivity index (χ0v) is 21.4. The predicted octanol–water partition coefficient (Wildman–Crippen LogP) is 5.92. The number of aromatic nitrogens is 6. The fourth-order valence-electron chi connectivity index (χ4n) is 4.29. The molecule has 6 aromatic rings. The fourth-order valence-corrected chi connectivity index (χ4v) is 4.66. The summed E-state index contributed by atoms with van der Waals surface area (Å²) in [6, 6.07) is 12.6. The van der Waals surface area contributed by atoms with Gasteiger partial charge in [-0.2, -0.15) is 0 Å². The quantitative estimate of drug-likeness (QED) is 0.160. The summed E-state index contributed by atoms with van der Waals surface area (Å²) in [5.41, 5.74) is 19.1. The van der Waals surface area contributed by atoms with Gasteiger partial charge in [0.25, 0.3) is 0 Å². The van der Waals surface area contributed by atoms with Gasteiger partial charge < -0.3 is 31.4 Å². The number of nitrogens with zero attached hydrogens (tertiary/aromatic N) is 2. The standard InChI is InChI=1S/C15H16N4.C12H11BrN4/c1-2-3-10-4-5-13-11(8-17-14(13)6-10)7-12-9-18-15(16)19-12;13-8-1-2-10-7(5-15-11(10)4-8)3-9-6-16-12(14)17-9/h2-6,8-9,17H,7H2,1H3,(H3,16,18,19);1-2,4-6,15H,3H2,(H3,14,16,17)/b3-2+;. The van der Waals surface area contributed by atoms with Gasteiger partial charge in [0.15, 0.2) is 11.9 Å². The van der Waals surface area contributed by atoms with Gasteiger partial charge in [-0.05, 0) is 41.8 Å². The van der Waals surface area contributed by atoms with E-state index in [4.69, 9.17) is 11.5 Å². The van der Waals surface area contributed by atoms with Gasteiger partial charge in [-0.25, -0.2) is 9.97 Å². The predicted molar refractivity (Wildman–Crippen MR) is 151 cm³/mol. The molecule has 0 fully saturated rings. The molecule has 9 heteroatoms. The minimum Gasteiger partial charge on any atom is -0.369 e. The van der Waals surface area contributed by atoms with Gasteiger partial charge in [-0.15, -0.1) is 0 Å². The fraction of sp³-hybridized carbons (Fsp3) is 0.111. The van der Waals surface area contributed by atoms with E-state index >= 15 is 0 Å². The molecule has 0 spiro atoms. The van der Waals surface area contributed by atoms with Crippen LogP contribution in [0.15, 0.2) is 71.7 Å². The summed E-state index contributed by atoms with van der Waals surface area (Å²) < 4.78 is 1.07. The first kappa shape index (κ1) is 23.5. The summed E-state index contributed by atoms with van der Waals surface area (Å²) in [5, 5.41) is 2.46. The summed E-state index contributed by atoms with van der Waals surface area (Å²) in [6.07, 6.45) is 13.3. The van der Waals surface area contributed by atoms with Crippen molar-refractivity contribution in [1.82, 2.24) is 29.9 Å². The number of nitrogens with one attached hydrogen (secondary N) is 4. The lowest BCUT2D eigenvalue weighted by Gasteiger charge is -1.98. The Balaban J connectivity index is 0.000000149. The third-order valence-corrected chi connectivity index (χ3v) is 6.43. The first-order chi connectivity index (χ1) is 17.5. The van der Waals surface area contributed by atoms with Crippen molar-refractivity contribution in [3.63, 3.8) is 0 Å². The van der Waals surface area contributed by atoms with Gasteiger partial charge in [-0.3, -0.25) is 0 Å². The van der Waals surface area contributed by atoms with Crippen LogP contribution in [0.1, 0.15) is 35.0 Å². The van der Waals surface area contributed by atoms with Crippen molar-refractivity contribution in [2.24, 2.45) is 0 Å². The highest BCUT2D eigenvalue weighted by Gasteiger charge is 2.07. The minimum atomic E-state index is 0.461. The van der Waals surface area contributed by atoms with Gasteiger partial charge in [0.1, 0.15) is 0 Å². The summed E-state index contributed by atoms with van der Waals surface area (Å²) in [4.78, 5) is 20.7. The molecule has 0 radical (unpaired) electrons. The maximum absolute atomic E-state index is 5.59. The average Bonchev–Trinajstić information content (AvgIpc) is 3.64. The molecule has 6 rings (SSSR count). The number of fused-ring (bicyclic) bond motifs is 2. The third-order valence-electron chi connectivity index (χ3n) is 5.94. The second-order valence-electron chi connectivity index (χ2n) is 8.56. The number of hydrogen-bond donors (Lipinski definition) is 6. The average molecular weight is 543 g/mol. The van der Waals surface area contributed by atoms with E-state index in [0.29, 0.717) is 11.9 Å². The Morgan fingerprint density at radius 3 is 1.89 bits per heavy atom. The van der Waals surface area contributed by atoms with E-state index < -0.39 is 0 Å². The van der Waals surface area contributed by atoms with Crippen molar-refractivity contribution in [3.8, 4) is 0 Å². The van der Waals surface area contributed by atoms with E-state index in [1.165, 1.54) is 27.5 Å². The van der Waals surface area contributed by atoms with Gasteiger partial charge in [0.2, 0.25) is 0 Å². The van der Waals surface area contributed by atoms with Gasteiger partial charge in [0.05, 0.1) is 12.4 Å². The van der Waals surface area contributed by atoms with Gasteiger partial charge in [-0.1, -0.05) is 46.3 Å². The molecule has 36 heavy (non-hydrogen) atoms. The number of halogens is 1. The van der Waals surface area contributed by atoms with Crippen LogP contribution in [0.5, 0.6) is 0 Å². The number of rotatable bonds is 5. The Morgan fingerprint density at radius 1 is 0.806 bits per heavy atom. The topological polar surface area (TPSA) is 141 Å². The lowest BCUT2D eigenvalue weighted by molar-refractivity contribution is 1.12. The molecule has 8 N–H and O–H groups in total. The molecule has 0 aliphatic rings. The van der Waals surface area contributed by atoms with Crippen LogP contribution in [0.25, 0.3) is 27.9 Å². The molecule has 4 heterocycles. The summed E-state index contributed by atoms with van der Waals surface area (Å²) in [7, 11) is 0. The first-order valence-corrected chi connectivity index (χ1v) is 12.3.